The average Bonchev–Trinajstić information content (AvgIpc) is 2.43. The minimum Gasteiger partial charge on any atom is -1.00 e. The van der Waals surface area contributed by atoms with Crippen LogP contribution in [0.25, 0.3) is 0 Å². The van der Waals surface area contributed by atoms with E-state index in [-0.39, 0.29) is 26.2 Å². The third kappa shape index (κ3) is 22.2. The molecule has 0 aliphatic rings. The monoisotopic (exact) mass is 289 g/mol. The van der Waals surface area contributed by atoms with Gasteiger partial charge in [-0.15, -0.1) is 0 Å². The molecule has 2 N–H and O–H groups in total. The van der Waals surface area contributed by atoms with Gasteiger partial charge in [-0.1, -0.05) is 70.4 Å². The zero-order chi connectivity index (χ0) is 14.9. The Morgan fingerprint density at radius 1 is 0.810 bits per heavy atom. The van der Waals surface area contributed by atoms with Crippen LogP contribution in [0.2, 0.25) is 0 Å². The van der Waals surface area contributed by atoms with Gasteiger partial charge >= 0.3 is 18.9 Å². The van der Waals surface area contributed by atoms with E-state index in [0.29, 0.717) is 6.42 Å². The van der Waals surface area contributed by atoms with E-state index in [0.717, 1.165) is 12.8 Å². The van der Waals surface area contributed by atoms with Gasteiger partial charge in [0.05, 0.1) is 0 Å². The van der Waals surface area contributed by atoms with Gasteiger partial charge in [-0.3, -0.25) is 4.79 Å². The summed E-state index contributed by atoms with van der Waals surface area (Å²) in [6.07, 6.45) is 21.9. The van der Waals surface area contributed by atoms with Crippen LogP contribution in [0.1, 0.15) is 98.2 Å². The Balaban J connectivity index is -0.00000180. The molecule has 120 valence electrons. The Bertz CT molecular complexity index is 247. The number of allylic oxidation sites excluding steroid dienone is 2. The first-order valence-corrected chi connectivity index (χ1v) is 8.70. The molecular formula is C18H36LiNO. The predicted molar refractivity (Wildman–Crippen MR) is 89.8 cm³/mol. The minimum absolute atomic E-state index is 0. The van der Waals surface area contributed by atoms with Crippen molar-refractivity contribution in [2.45, 2.75) is 96.8 Å². The molecule has 1 amide bonds. The molecule has 0 rings (SSSR count). The molecule has 0 aromatic rings. The van der Waals surface area contributed by atoms with Crippen molar-refractivity contribution in [1.82, 2.24) is 0 Å². The third-order valence-electron chi connectivity index (χ3n) is 3.68. The van der Waals surface area contributed by atoms with Crippen LogP contribution < -0.4 is 24.6 Å². The molecule has 0 aromatic heterocycles. The van der Waals surface area contributed by atoms with Gasteiger partial charge in [-0.25, -0.2) is 0 Å². The Labute approximate surface area is 146 Å². The maximum atomic E-state index is 10.5. The molecular weight excluding hydrogens is 253 g/mol. The number of carbonyl (C=O) groups is 1. The van der Waals surface area contributed by atoms with Crippen molar-refractivity contribution in [3.05, 3.63) is 12.2 Å². The maximum absolute atomic E-state index is 10.5. The molecule has 2 nitrogen and oxygen atoms in total. The molecule has 0 fully saturated rings. The summed E-state index contributed by atoms with van der Waals surface area (Å²) in [4.78, 5) is 10.5. The zero-order valence-electron chi connectivity index (χ0n) is 15.5. The second kappa shape index (κ2) is 19.8. The van der Waals surface area contributed by atoms with Crippen LogP contribution in [0.4, 0.5) is 0 Å². The number of primary amides is 1. The van der Waals surface area contributed by atoms with Gasteiger partial charge in [0.15, 0.2) is 0 Å². The number of hydrogen-bond donors (Lipinski definition) is 1. The molecule has 0 aliphatic carbocycles. The summed E-state index contributed by atoms with van der Waals surface area (Å²) in [6, 6.07) is 0. The SMILES string of the molecule is CCCCCCCC/C=C\CCCCCCCC(N)=O.[H-].[Li+]. The molecule has 21 heavy (non-hydrogen) atoms. The van der Waals surface area contributed by atoms with Crippen molar-refractivity contribution < 1.29 is 25.1 Å². The van der Waals surface area contributed by atoms with Crippen LogP contribution in [0.3, 0.4) is 0 Å². The fourth-order valence-electron chi connectivity index (χ4n) is 2.37. The topological polar surface area (TPSA) is 43.1 Å². The smallest absolute Gasteiger partial charge is 1.00 e. The zero-order valence-corrected chi connectivity index (χ0v) is 14.5. The number of nitrogens with two attached hydrogens (primary N) is 1. The largest absolute Gasteiger partial charge is 1.00 e. The first kappa shape index (κ1) is 23.1. The van der Waals surface area contributed by atoms with Crippen LogP contribution in [0.5, 0.6) is 0 Å². The van der Waals surface area contributed by atoms with Crippen molar-refractivity contribution in [2.75, 3.05) is 0 Å². The van der Waals surface area contributed by atoms with E-state index in [2.05, 4.69) is 19.1 Å². The molecule has 0 spiro atoms. The van der Waals surface area contributed by atoms with Gasteiger partial charge < -0.3 is 7.16 Å². The van der Waals surface area contributed by atoms with Crippen LogP contribution in [-0.2, 0) is 4.79 Å². The molecule has 0 radical (unpaired) electrons. The minimum atomic E-state index is -0.164. The van der Waals surface area contributed by atoms with E-state index >= 15 is 0 Å². The van der Waals surface area contributed by atoms with Crippen molar-refractivity contribution in [3.8, 4) is 0 Å². The summed E-state index contributed by atoms with van der Waals surface area (Å²) in [7, 11) is 0. The normalized spacial score (nSPS) is 10.7. The standard InChI is InChI=1S/C18H35NO.Li.H/c1-2-3-4-5-6-7-8-9-10-11-12-13-14-15-16-17-18(19)20;;/h9-10H,2-8,11-17H2,1H3,(H2,19,20);;/q;+1;-1/b10-9-;;. The molecule has 3 heteroatoms. The summed E-state index contributed by atoms with van der Waals surface area (Å²) >= 11 is 0. The summed E-state index contributed by atoms with van der Waals surface area (Å²) in [5, 5.41) is 0. The number of unbranched alkanes of at least 4 members (excludes halogenated alkanes) is 11. The van der Waals surface area contributed by atoms with Crippen molar-refractivity contribution in [1.29, 1.82) is 0 Å². The van der Waals surface area contributed by atoms with Crippen LogP contribution in [0.15, 0.2) is 12.2 Å². The summed E-state index contributed by atoms with van der Waals surface area (Å²) in [5.74, 6) is -0.164. The third-order valence-corrected chi connectivity index (χ3v) is 3.68. The van der Waals surface area contributed by atoms with Gasteiger partial charge in [0.2, 0.25) is 5.91 Å². The maximum Gasteiger partial charge on any atom is 1.00 e. The van der Waals surface area contributed by atoms with Gasteiger partial charge in [-0.2, -0.15) is 0 Å². The molecule has 0 bridgehead atoms. The first-order chi connectivity index (χ1) is 9.77. The quantitative estimate of drug-likeness (QED) is 0.281. The molecule has 0 atom stereocenters. The fraction of sp³-hybridized carbons (Fsp3) is 0.833. The summed E-state index contributed by atoms with van der Waals surface area (Å²) in [5.41, 5.74) is 5.10. The van der Waals surface area contributed by atoms with Crippen molar-refractivity contribution in [2.24, 2.45) is 5.73 Å². The number of rotatable bonds is 15. The number of amides is 1. The van der Waals surface area contributed by atoms with Crippen LogP contribution in [0, 0.1) is 0 Å². The van der Waals surface area contributed by atoms with E-state index in [9.17, 15) is 4.79 Å². The average molecular weight is 289 g/mol. The Hall–Kier alpha value is -0.193. The second-order valence-electron chi connectivity index (χ2n) is 5.80. The van der Waals surface area contributed by atoms with Crippen LogP contribution >= 0.6 is 0 Å². The van der Waals surface area contributed by atoms with E-state index in [1.54, 1.807) is 0 Å². The van der Waals surface area contributed by atoms with Crippen molar-refractivity contribution in [3.63, 3.8) is 0 Å². The van der Waals surface area contributed by atoms with Gasteiger partial charge in [0, 0.05) is 6.42 Å². The molecule has 0 aromatic carbocycles. The summed E-state index contributed by atoms with van der Waals surface area (Å²) < 4.78 is 0. The Morgan fingerprint density at radius 2 is 1.24 bits per heavy atom. The Morgan fingerprint density at radius 3 is 1.71 bits per heavy atom. The van der Waals surface area contributed by atoms with E-state index in [1.165, 1.54) is 70.6 Å². The first-order valence-electron chi connectivity index (χ1n) is 8.70. The Kier molecular flexibility index (Phi) is 21.8. The van der Waals surface area contributed by atoms with Gasteiger partial charge in [0.25, 0.3) is 0 Å². The fourth-order valence-corrected chi connectivity index (χ4v) is 2.37. The van der Waals surface area contributed by atoms with Crippen LogP contribution in [-0.4, -0.2) is 5.91 Å². The van der Waals surface area contributed by atoms with Gasteiger partial charge in [0.1, 0.15) is 0 Å². The number of carbonyl (C=O) groups excluding carboxylic acids is 1. The predicted octanol–water partition coefficient (Wildman–Crippen LogP) is 2.63. The van der Waals surface area contributed by atoms with E-state index in [4.69, 9.17) is 5.73 Å². The number of hydrogen-bond acceptors (Lipinski definition) is 1. The summed E-state index contributed by atoms with van der Waals surface area (Å²) in [6.45, 7) is 2.26. The molecule has 0 aliphatic heterocycles. The van der Waals surface area contributed by atoms with E-state index in [1.807, 2.05) is 0 Å². The van der Waals surface area contributed by atoms with Gasteiger partial charge in [-0.05, 0) is 32.1 Å². The molecule has 0 heterocycles. The van der Waals surface area contributed by atoms with Crippen molar-refractivity contribution >= 4 is 5.91 Å². The molecule has 0 saturated heterocycles. The molecule has 0 saturated carbocycles. The second-order valence-corrected chi connectivity index (χ2v) is 5.80. The van der Waals surface area contributed by atoms with E-state index < -0.39 is 0 Å². The molecule has 0 unspecified atom stereocenters.